The number of hydrogen-bond acceptors (Lipinski definition) is 3. The Bertz CT molecular complexity index is 398. The molecule has 0 saturated carbocycles. The van der Waals surface area contributed by atoms with Crippen molar-refractivity contribution in [2.24, 2.45) is 0 Å². The summed E-state index contributed by atoms with van der Waals surface area (Å²) in [4.78, 5) is 10.6. The first-order valence-electron chi connectivity index (χ1n) is 4.04. The Morgan fingerprint density at radius 3 is 2.47 bits per heavy atom. The maximum absolute atomic E-state index is 13.0. The minimum Gasteiger partial charge on any atom is -0.423 e. The minimum absolute atomic E-state index is 0.0375. The van der Waals surface area contributed by atoms with Gasteiger partial charge >= 0.3 is 7.12 Å². The van der Waals surface area contributed by atoms with Crippen LogP contribution < -0.4 is 10.8 Å². The third-order valence-electron chi connectivity index (χ3n) is 1.65. The number of benzene rings is 1. The number of nitrogens with one attached hydrogen (secondary N) is 1. The van der Waals surface area contributed by atoms with Crippen molar-refractivity contribution in [1.82, 2.24) is 0 Å². The highest BCUT2D eigenvalue weighted by atomic mass is 19.2. The van der Waals surface area contributed by atoms with E-state index in [0.717, 1.165) is 12.1 Å². The quantitative estimate of drug-likeness (QED) is 0.588. The van der Waals surface area contributed by atoms with Crippen molar-refractivity contribution in [1.29, 1.82) is 0 Å². The van der Waals surface area contributed by atoms with Gasteiger partial charge < -0.3 is 15.4 Å². The second-order valence-electron chi connectivity index (χ2n) is 2.92. The van der Waals surface area contributed by atoms with Crippen molar-refractivity contribution in [2.75, 3.05) is 5.32 Å². The van der Waals surface area contributed by atoms with Gasteiger partial charge in [0.2, 0.25) is 5.91 Å². The van der Waals surface area contributed by atoms with Gasteiger partial charge in [0.1, 0.15) is 0 Å². The van der Waals surface area contributed by atoms with Gasteiger partial charge in [-0.3, -0.25) is 4.79 Å². The predicted molar refractivity (Wildman–Crippen MR) is 50.5 cm³/mol. The molecule has 0 unspecified atom stereocenters. The Hall–Kier alpha value is -1.47. The van der Waals surface area contributed by atoms with Crippen molar-refractivity contribution in [3.8, 4) is 0 Å². The highest BCUT2D eigenvalue weighted by Crippen LogP contribution is 2.11. The van der Waals surface area contributed by atoms with Crippen LogP contribution in [0.1, 0.15) is 6.92 Å². The molecule has 3 N–H and O–H groups in total. The summed E-state index contributed by atoms with van der Waals surface area (Å²) in [5, 5.41) is 19.6. The van der Waals surface area contributed by atoms with E-state index >= 15 is 0 Å². The van der Waals surface area contributed by atoms with Gasteiger partial charge in [-0.15, -0.1) is 0 Å². The van der Waals surface area contributed by atoms with Gasteiger partial charge in [0.15, 0.2) is 11.6 Å². The lowest BCUT2D eigenvalue weighted by Gasteiger charge is -2.07. The molecule has 15 heavy (non-hydrogen) atoms. The van der Waals surface area contributed by atoms with Crippen molar-refractivity contribution in [3.63, 3.8) is 0 Å². The van der Waals surface area contributed by atoms with E-state index in [1.54, 1.807) is 0 Å². The fourth-order valence-corrected chi connectivity index (χ4v) is 1.07. The number of carbonyl (C=O) groups is 1. The Morgan fingerprint density at radius 2 is 2.00 bits per heavy atom. The van der Waals surface area contributed by atoms with Crippen LogP contribution in [0.5, 0.6) is 0 Å². The molecule has 1 aromatic rings. The molecule has 7 heteroatoms. The highest BCUT2D eigenvalue weighted by Gasteiger charge is 2.20. The van der Waals surface area contributed by atoms with Crippen LogP contribution in [0.3, 0.4) is 0 Å². The minimum atomic E-state index is -2.13. The molecule has 1 aromatic carbocycles. The molecule has 0 aliphatic heterocycles. The summed E-state index contributed by atoms with van der Waals surface area (Å²) < 4.78 is 25.9. The van der Waals surface area contributed by atoms with E-state index < -0.39 is 30.1 Å². The van der Waals surface area contributed by atoms with Crippen molar-refractivity contribution in [3.05, 3.63) is 23.8 Å². The average molecular weight is 215 g/mol. The lowest BCUT2D eigenvalue weighted by Crippen LogP contribution is -2.34. The van der Waals surface area contributed by atoms with E-state index in [1.165, 1.54) is 6.92 Å². The molecule has 0 aromatic heterocycles. The third kappa shape index (κ3) is 2.74. The van der Waals surface area contributed by atoms with Gasteiger partial charge in [-0.25, -0.2) is 8.78 Å². The van der Waals surface area contributed by atoms with Crippen LogP contribution >= 0.6 is 0 Å². The van der Waals surface area contributed by atoms with Crippen LogP contribution in [-0.2, 0) is 4.79 Å². The first-order chi connectivity index (χ1) is 6.91. The van der Waals surface area contributed by atoms with E-state index in [4.69, 9.17) is 10.0 Å². The van der Waals surface area contributed by atoms with Crippen LogP contribution in [-0.4, -0.2) is 23.1 Å². The molecule has 4 nitrogen and oxygen atoms in total. The zero-order chi connectivity index (χ0) is 11.6. The number of rotatable bonds is 2. The van der Waals surface area contributed by atoms with Gasteiger partial charge in [-0.2, -0.15) is 0 Å². The molecular weight excluding hydrogens is 207 g/mol. The molecule has 0 fully saturated rings. The Kier molecular flexibility index (Phi) is 3.38. The van der Waals surface area contributed by atoms with Gasteiger partial charge in [0.05, 0.1) is 0 Å². The van der Waals surface area contributed by atoms with Crippen molar-refractivity contribution >= 4 is 24.2 Å². The Morgan fingerprint density at radius 1 is 1.40 bits per heavy atom. The fraction of sp³-hybridized carbons (Fsp3) is 0.125. The molecule has 0 heterocycles. The van der Waals surface area contributed by atoms with E-state index in [9.17, 15) is 13.6 Å². The molecule has 0 atom stereocenters. The summed E-state index contributed by atoms with van der Waals surface area (Å²) in [6.45, 7) is 1.19. The van der Waals surface area contributed by atoms with Crippen LogP contribution in [0.15, 0.2) is 12.1 Å². The number of amides is 1. The number of halogens is 2. The van der Waals surface area contributed by atoms with Gasteiger partial charge in [0, 0.05) is 24.1 Å². The largest absolute Gasteiger partial charge is 0.491 e. The monoisotopic (exact) mass is 215 g/mol. The predicted octanol–water partition coefficient (Wildman–Crippen LogP) is -0.397. The van der Waals surface area contributed by atoms with Gasteiger partial charge in [-0.1, -0.05) is 0 Å². The maximum Gasteiger partial charge on any atom is 0.491 e. The summed E-state index contributed by atoms with van der Waals surface area (Å²) in [7, 11) is -2.13. The number of anilines is 1. The smallest absolute Gasteiger partial charge is 0.423 e. The first kappa shape index (κ1) is 11.6. The summed E-state index contributed by atoms with van der Waals surface area (Å²) in [5.41, 5.74) is -0.664. The molecule has 0 radical (unpaired) electrons. The lowest BCUT2D eigenvalue weighted by molar-refractivity contribution is -0.114. The average Bonchev–Trinajstić information content (AvgIpc) is 2.09. The first-order valence-corrected chi connectivity index (χ1v) is 4.04. The lowest BCUT2D eigenvalue weighted by atomic mass is 9.79. The molecule has 0 aliphatic rings. The second kappa shape index (κ2) is 4.37. The number of carbonyl (C=O) groups excluding carboxylic acids is 1. The molecule has 0 bridgehead atoms. The summed E-state index contributed by atoms with van der Waals surface area (Å²) >= 11 is 0. The Balaban J connectivity index is 3.17. The molecular formula is C8H8BF2NO3. The number of hydrogen-bond donors (Lipinski definition) is 3. The molecule has 1 amide bonds. The van der Waals surface area contributed by atoms with E-state index in [0.29, 0.717) is 0 Å². The van der Waals surface area contributed by atoms with E-state index in [-0.39, 0.29) is 5.69 Å². The molecule has 0 saturated heterocycles. The second-order valence-corrected chi connectivity index (χ2v) is 2.92. The molecule has 0 aliphatic carbocycles. The standard InChI is InChI=1S/C8H8BF2NO3/c1-4(13)12-5-2-6(9(14)15)8(11)7(10)3-5/h2-3,14-15H,1H3,(H,12,13). The summed E-state index contributed by atoms with van der Waals surface area (Å²) in [6.07, 6.45) is 0. The van der Waals surface area contributed by atoms with Crippen LogP contribution in [0, 0.1) is 11.6 Å². The van der Waals surface area contributed by atoms with Crippen LogP contribution in [0.25, 0.3) is 0 Å². The highest BCUT2D eigenvalue weighted by molar-refractivity contribution is 6.58. The topological polar surface area (TPSA) is 69.6 Å². The Labute approximate surface area is 84.7 Å². The van der Waals surface area contributed by atoms with Crippen molar-refractivity contribution < 1.29 is 23.6 Å². The van der Waals surface area contributed by atoms with E-state index in [2.05, 4.69) is 5.32 Å². The zero-order valence-corrected chi connectivity index (χ0v) is 7.79. The zero-order valence-electron chi connectivity index (χ0n) is 7.79. The van der Waals surface area contributed by atoms with Crippen LogP contribution in [0.4, 0.5) is 14.5 Å². The fourth-order valence-electron chi connectivity index (χ4n) is 1.07. The van der Waals surface area contributed by atoms with Crippen molar-refractivity contribution in [2.45, 2.75) is 6.92 Å². The van der Waals surface area contributed by atoms with Gasteiger partial charge in [0.25, 0.3) is 0 Å². The molecule has 80 valence electrons. The summed E-state index contributed by atoms with van der Waals surface area (Å²) in [6, 6.07) is 1.70. The van der Waals surface area contributed by atoms with Gasteiger partial charge in [-0.05, 0) is 6.07 Å². The van der Waals surface area contributed by atoms with Crippen LogP contribution in [0.2, 0.25) is 0 Å². The maximum atomic E-state index is 13.0. The molecule has 1 rings (SSSR count). The molecule has 0 spiro atoms. The normalized spacial score (nSPS) is 9.93. The SMILES string of the molecule is CC(=O)Nc1cc(F)c(F)c(B(O)O)c1. The summed E-state index contributed by atoms with van der Waals surface area (Å²) in [5.74, 6) is -3.08. The van der Waals surface area contributed by atoms with E-state index in [1.807, 2.05) is 0 Å². The third-order valence-corrected chi connectivity index (χ3v) is 1.65.